The van der Waals surface area contributed by atoms with Crippen LogP contribution in [0.5, 0.6) is 0 Å². The Morgan fingerprint density at radius 1 is 0.970 bits per heavy atom. The SMILES string of the molecule is Cc1c[c]c(-n2cccn2)c(N2CC3CC(CN(c4cnc5cc(F)c(F)cc5n4)C3)C2)c1. The van der Waals surface area contributed by atoms with Gasteiger partial charge in [0.15, 0.2) is 11.6 Å². The quantitative estimate of drug-likeness (QED) is 0.474. The lowest BCUT2D eigenvalue weighted by molar-refractivity contribution is 0.275. The van der Waals surface area contributed by atoms with Gasteiger partial charge < -0.3 is 9.80 Å². The van der Waals surface area contributed by atoms with Gasteiger partial charge in [0.25, 0.3) is 0 Å². The van der Waals surface area contributed by atoms with Gasteiger partial charge in [0.05, 0.1) is 28.6 Å². The lowest BCUT2D eigenvalue weighted by Gasteiger charge is -2.47. The van der Waals surface area contributed by atoms with Crippen molar-refractivity contribution in [2.45, 2.75) is 13.3 Å². The van der Waals surface area contributed by atoms with Gasteiger partial charge in [-0.1, -0.05) is 0 Å². The molecule has 4 aromatic rings. The molecule has 2 aromatic heterocycles. The Morgan fingerprint density at radius 3 is 2.42 bits per heavy atom. The van der Waals surface area contributed by atoms with E-state index in [9.17, 15) is 8.78 Å². The number of halogens is 2. The molecule has 167 valence electrons. The van der Waals surface area contributed by atoms with Crippen molar-refractivity contribution in [1.29, 1.82) is 0 Å². The molecule has 0 aliphatic carbocycles. The summed E-state index contributed by atoms with van der Waals surface area (Å²) in [6.07, 6.45) is 6.57. The van der Waals surface area contributed by atoms with Crippen molar-refractivity contribution in [3.63, 3.8) is 0 Å². The van der Waals surface area contributed by atoms with Crippen LogP contribution in [0.25, 0.3) is 16.7 Å². The molecule has 2 aliphatic heterocycles. The van der Waals surface area contributed by atoms with E-state index in [4.69, 9.17) is 0 Å². The minimum atomic E-state index is -0.903. The molecule has 4 heterocycles. The number of aryl methyl sites for hydroxylation is 1. The molecule has 2 bridgehead atoms. The van der Waals surface area contributed by atoms with Crippen LogP contribution < -0.4 is 9.80 Å². The summed E-state index contributed by atoms with van der Waals surface area (Å²) >= 11 is 0. The molecule has 2 unspecified atom stereocenters. The molecule has 0 amide bonds. The highest BCUT2D eigenvalue weighted by atomic mass is 19.2. The maximum Gasteiger partial charge on any atom is 0.161 e. The topological polar surface area (TPSA) is 50.1 Å². The second-order valence-corrected chi connectivity index (χ2v) is 9.12. The highest BCUT2D eigenvalue weighted by Crippen LogP contribution is 2.35. The summed E-state index contributed by atoms with van der Waals surface area (Å²) in [7, 11) is 0. The van der Waals surface area contributed by atoms with Gasteiger partial charge in [-0.3, -0.25) is 4.98 Å². The van der Waals surface area contributed by atoms with E-state index < -0.39 is 11.6 Å². The van der Waals surface area contributed by atoms with Crippen LogP contribution in [0.15, 0.2) is 48.9 Å². The van der Waals surface area contributed by atoms with Crippen LogP contribution in [-0.2, 0) is 0 Å². The monoisotopic (exact) mass is 445 g/mol. The molecule has 6 nitrogen and oxygen atoms in total. The van der Waals surface area contributed by atoms with Crippen molar-refractivity contribution in [3.8, 4) is 5.69 Å². The van der Waals surface area contributed by atoms with Crippen molar-refractivity contribution >= 4 is 22.5 Å². The largest absolute Gasteiger partial charge is 0.369 e. The van der Waals surface area contributed by atoms with Gasteiger partial charge in [-0.15, -0.1) is 0 Å². The Bertz CT molecular complexity index is 1310. The Balaban J connectivity index is 1.26. The van der Waals surface area contributed by atoms with Crippen LogP contribution in [0.3, 0.4) is 0 Å². The van der Waals surface area contributed by atoms with Gasteiger partial charge >= 0.3 is 0 Å². The molecule has 1 radical (unpaired) electrons. The highest BCUT2D eigenvalue weighted by Gasteiger charge is 2.35. The average molecular weight is 445 g/mol. The third-order valence-corrected chi connectivity index (χ3v) is 6.59. The Morgan fingerprint density at radius 2 is 1.70 bits per heavy atom. The van der Waals surface area contributed by atoms with E-state index in [0.29, 0.717) is 22.9 Å². The summed E-state index contributed by atoms with van der Waals surface area (Å²) in [6.45, 7) is 5.65. The first kappa shape index (κ1) is 20.1. The fourth-order valence-electron chi connectivity index (χ4n) is 5.22. The Labute approximate surface area is 190 Å². The summed E-state index contributed by atoms with van der Waals surface area (Å²) in [5.41, 5.74) is 4.04. The molecule has 8 heteroatoms. The lowest BCUT2D eigenvalue weighted by atomic mass is 9.84. The smallest absolute Gasteiger partial charge is 0.161 e. The number of hydrogen-bond donors (Lipinski definition) is 0. The zero-order valence-electron chi connectivity index (χ0n) is 18.2. The van der Waals surface area contributed by atoms with E-state index in [1.807, 2.05) is 23.0 Å². The maximum absolute atomic E-state index is 13.7. The molecule has 2 fully saturated rings. The van der Waals surface area contributed by atoms with Gasteiger partial charge in [0, 0.05) is 56.8 Å². The average Bonchev–Trinajstić information content (AvgIpc) is 3.33. The van der Waals surface area contributed by atoms with Gasteiger partial charge in [-0.05, 0) is 48.9 Å². The Hall–Kier alpha value is -3.55. The first-order chi connectivity index (χ1) is 16.0. The standard InChI is InChI=1S/C25H23F2N6/c1-16-3-4-23(33-6-2-5-29-33)24(7-16)31-12-17-8-18(13-31)15-32(14-17)25-11-28-21-9-19(26)20(27)10-22(21)30-25/h2-3,5-7,9-11,17-18H,8,12-15H2,1H3. The molecule has 0 spiro atoms. The van der Waals surface area contributed by atoms with Gasteiger partial charge in [0.1, 0.15) is 5.82 Å². The number of aromatic nitrogens is 4. The van der Waals surface area contributed by atoms with Crippen LogP contribution in [0.1, 0.15) is 12.0 Å². The predicted octanol–water partition coefficient (Wildman–Crippen LogP) is 4.17. The lowest BCUT2D eigenvalue weighted by Crippen LogP contribution is -2.53. The molecule has 0 N–H and O–H groups in total. The van der Waals surface area contributed by atoms with E-state index in [1.165, 1.54) is 12.0 Å². The van der Waals surface area contributed by atoms with Crippen LogP contribution in [0.2, 0.25) is 0 Å². The van der Waals surface area contributed by atoms with Crippen molar-refractivity contribution in [1.82, 2.24) is 19.7 Å². The van der Waals surface area contributed by atoms with Crippen LogP contribution in [0, 0.1) is 36.5 Å². The molecule has 6 rings (SSSR count). The van der Waals surface area contributed by atoms with Crippen LogP contribution >= 0.6 is 0 Å². The number of anilines is 2. The van der Waals surface area contributed by atoms with Crippen molar-refractivity contribution < 1.29 is 8.78 Å². The molecular formula is C25H23F2N6. The maximum atomic E-state index is 13.7. The molecule has 33 heavy (non-hydrogen) atoms. The fraction of sp³-hybridized carbons (Fsp3) is 0.320. The third-order valence-electron chi connectivity index (χ3n) is 6.59. The molecule has 2 aliphatic rings. The fourth-order valence-corrected chi connectivity index (χ4v) is 5.22. The van der Waals surface area contributed by atoms with E-state index in [1.54, 1.807) is 12.4 Å². The minimum Gasteiger partial charge on any atom is -0.369 e. The summed E-state index contributed by atoms with van der Waals surface area (Å²) in [6, 6.07) is 11.8. The number of nitrogens with zero attached hydrogens (tertiary/aromatic N) is 6. The van der Waals surface area contributed by atoms with Crippen molar-refractivity contribution in [3.05, 3.63) is 72.2 Å². The van der Waals surface area contributed by atoms with E-state index in [2.05, 4.69) is 43.9 Å². The van der Waals surface area contributed by atoms with E-state index in [0.717, 1.165) is 55.5 Å². The van der Waals surface area contributed by atoms with E-state index in [-0.39, 0.29) is 0 Å². The molecule has 2 aromatic carbocycles. The van der Waals surface area contributed by atoms with Gasteiger partial charge in [-0.2, -0.15) is 5.10 Å². The Kier molecular flexibility index (Phi) is 4.74. The predicted molar refractivity (Wildman–Crippen MR) is 123 cm³/mol. The second-order valence-electron chi connectivity index (χ2n) is 9.12. The van der Waals surface area contributed by atoms with E-state index >= 15 is 0 Å². The number of rotatable bonds is 3. The number of piperidine rings is 2. The zero-order chi connectivity index (χ0) is 22.5. The second kappa shape index (κ2) is 7.79. The van der Waals surface area contributed by atoms with Crippen LogP contribution in [-0.4, -0.2) is 45.9 Å². The normalized spacial score (nSPS) is 20.5. The molecule has 0 saturated carbocycles. The third kappa shape index (κ3) is 3.69. The van der Waals surface area contributed by atoms with Gasteiger partial charge in [-0.25, -0.2) is 18.4 Å². The highest BCUT2D eigenvalue weighted by molar-refractivity contribution is 5.75. The minimum absolute atomic E-state index is 0.364. The summed E-state index contributed by atoms with van der Waals surface area (Å²) < 4.78 is 29.1. The number of benzene rings is 2. The summed E-state index contributed by atoms with van der Waals surface area (Å²) in [5, 5.41) is 4.42. The molecule has 2 atom stereocenters. The number of fused-ring (bicyclic) bond motifs is 3. The van der Waals surface area contributed by atoms with Gasteiger partial charge in [0.2, 0.25) is 0 Å². The van der Waals surface area contributed by atoms with Crippen LogP contribution in [0.4, 0.5) is 20.3 Å². The first-order valence-corrected chi connectivity index (χ1v) is 11.2. The summed E-state index contributed by atoms with van der Waals surface area (Å²) in [4.78, 5) is 13.6. The number of hydrogen-bond acceptors (Lipinski definition) is 5. The van der Waals surface area contributed by atoms with Crippen molar-refractivity contribution in [2.75, 3.05) is 36.0 Å². The molecular weight excluding hydrogens is 422 g/mol. The molecule has 2 saturated heterocycles. The first-order valence-electron chi connectivity index (χ1n) is 11.2. The van der Waals surface area contributed by atoms with Crippen molar-refractivity contribution in [2.24, 2.45) is 11.8 Å². The summed E-state index contributed by atoms with van der Waals surface area (Å²) in [5.74, 6) is -0.155. The zero-order valence-corrected chi connectivity index (χ0v) is 18.2.